The van der Waals surface area contributed by atoms with E-state index in [1.807, 2.05) is 6.92 Å². The third kappa shape index (κ3) is 6.35. The molecular weight excluding hydrogens is 390 g/mol. The lowest BCUT2D eigenvalue weighted by Crippen LogP contribution is -2.25. The molecule has 0 fully saturated rings. The Morgan fingerprint density at radius 3 is 2.31 bits per heavy atom. The molecule has 0 aromatic heterocycles. The van der Waals surface area contributed by atoms with Crippen LogP contribution >= 0.6 is 11.8 Å². The maximum absolute atomic E-state index is 12.6. The number of benzene rings is 2. The van der Waals surface area contributed by atoms with Crippen molar-refractivity contribution in [2.45, 2.75) is 24.8 Å². The van der Waals surface area contributed by atoms with Crippen LogP contribution in [0.15, 0.2) is 53.4 Å². The van der Waals surface area contributed by atoms with Crippen molar-refractivity contribution < 1.29 is 23.9 Å². The molecule has 1 amide bonds. The van der Waals surface area contributed by atoms with Gasteiger partial charge in [0.1, 0.15) is 5.75 Å². The van der Waals surface area contributed by atoms with Gasteiger partial charge in [0.15, 0.2) is 6.10 Å². The summed E-state index contributed by atoms with van der Waals surface area (Å²) in [5.74, 6) is -0.0755. The van der Waals surface area contributed by atoms with E-state index in [9.17, 15) is 14.4 Å². The van der Waals surface area contributed by atoms with E-state index < -0.39 is 12.1 Å². The van der Waals surface area contributed by atoms with Gasteiger partial charge in [-0.15, -0.1) is 11.8 Å². The van der Waals surface area contributed by atoms with E-state index in [-0.39, 0.29) is 17.4 Å². The smallest absolute Gasteiger partial charge is 0.339 e. The van der Waals surface area contributed by atoms with E-state index in [0.717, 1.165) is 0 Å². The predicted octanol–water partition coefficient (Wildman–Crippen LogP) is 3.69. The van der Waals surface area contributed by atoms with Crippen molar-refractivity contribution in [3.8, 4) is 5.75 Å². The predicted molar refractivity (Wildman–Crippen MR) is 113 cm³/mol. The molecule has 0 unspecified atom stereocenters. The Morgan fingerprint density at radius 2 is 1.69 bits per heavy atom. The van der Waals surface area contributed by atoms with Gasteiger partial charge in [-0.3, -0.25) is 9.59 Å². The van der Waals surface area contributed by atoms with E-state index in [1.165, 1.54) is 16.7 Å². The molecule has 2 aromatic rings. The van der Waals surface area contributed by atoms with Crippen LogP contribution in [0.3, 0.4) is 0 Å². The van der Waals surface area contributed by atoms with Gasteiger partial charge in [-0.1, -0.05) is 12.1 Å². The highest BCUT2D eigenvalue weighted by Crippen LogP contribution is 2.24. The number of nitrogens with zero attached hydrogens (tertiary/aromatic N) is 1. The first-order valence-electron chi connectivity index (χ1n) is 9.23. The minimum absolute atomic E-state index is 0.0581. The normalized spacial score (nSPS) is 11.4. The third-order valence-corrected chi connectivity index (χ3v) is 5.12. The molecule has 0 aliphatic rings. The monoisotopic (exact) mass is 415 g/mol. The van der Waals surface area contributed by atoms with Gasteiger partial charge in [-0.2, -0.15) is 0 Å². The first-order chi connectivity index (χ1) is 13.8. The van der Waals surface area contributed by atoms with Crippen LogP contribution in [0.4, 0.5) is 0 Å². The minimum atomic E-state index is -0.943. The number of ketones is 1. The average molecular weight is 416 g/mol. The summed E-state index contributed by atoms with van der Waals surface area (Å²) in [5.41, 5.74) is 0.767. The first-order valence-corrected chi connectivity index (χ1v) is 10.2. The minimum Gasteiger partial charge on any atom is -0.494 e. The summed E-state index contributed by atoms with van der Waals surface area (Å²) >= 11 is 1.26. The van der Waals surface area contributed by atoms with Crippen molar-refractivity contribution in [3.05, 3.63) is 59.7 Å². The Hall–Kier alpha value is -2.80. The van der Waals surface area contributed by atoms with Gasteiger partial charge < -0.3 is 14.4 Å². The van der Waals surface area contributed by atoms with E-state index in [0.29, 0.717) is 28.4 Å². The summed E-state index contributed by atoms with van der Waals surface area (Å²) < 4.78 is 10.8. The maximum atomic E-state index is 12.6. The highest BCUT2D eigenvalue weighted by molar-refractivity contribution is 8.00. The molecule has 154 valence electrons. The fourth-order valence-electron chi connectivity index (χ4n) is 2.42. The van der Waals surface area contributed by atoms with Crippen molar-refractivity contribution in [3.63, 3.8) is 0 Å². The van der Waals surface area contributed by atoms with Gasteiger partial charge in [0.05, 0.1) is 17.9 Å². The Bertz CT molecular complexity index is 864. The number of carbonyl (C=O) groups is 3. The number of esters is 1. The van der Waals surface area contributed by atoms with Gasteiger partial charge in [0.25, 0.3) is 0 Å². The molecule has 0 radical (unpaired) electrons. The molecule has 6 nitrogen and oxygen atoms in total. The van der Waals surface area contributed by atoms with Crippen LogP contribution < -0.4 is 4.74 Å². The summed E-state index contributed by atoms with van der Waals surface area (Å²) in [6.45, 7) is 3.97. The van der Waals surface area contributed by atoms with E-state index in [2.05, 4.69) is 0 Å². The lowest BCUT2D eigenvalue weighted by molar-refractivity contribution is -0.125. The average Bonchev–Trinajstić information content (AvgIpc) is 2.72. The lowest BCUT2D eigenvalue weighted by atomic mass is 10.1. The molecule has 0 aliphatic carbocycles. The van der Waals surface area contributed by atoms with Gasteiger partial charge in [0.2, 0.25) is 11.7 Å². The van der Waals surface area contributed by atoms with Gasteiger partial charge in [0, 0.05) is 24.6 Å². The number of rotatable bonds is 9. The zero-order valence-electron chi connectivity index (χ0n) is 17.0. The van der Waals surface area contributed by atoms with Crippen LogP contribution in [0, 0.1) is 0 Å². The van der Waals surface area contributed by atoms with Gasteiger partial charge in [-0.25, -0.2) is 4.79 Å². The zero-order chi connectivity index (χ0) is 21.4. The summed E-state index contributed by atoms with van der Waals surface area (Å²) in [7, 11) is 3.36. The number of ether oxygens (including phenoxy) is 2. The third-order valence-electron chi connectivity index (χ3n) is 4.06. The van der Waals surface area contributed by atoms with Crippen LogP contribution in [0.1, 0.15) is 34.6 Å². The Morgan fingerprint density at radius 1 is 1.03 bits per heavy atom. The van der Waals surface area contributed by atoms with Crippen molar-refractivity contribution in [1.82, 2.24) is 4.90 Å². The van der Waals surface area contributed by atoms with Crippen LogP contribution in [-0.4, -0.2) is 55.1 Å². The maximum Gasteiger partial charge on any atom is 0.339 e. The fraction of sp³-hybridized carbons (Fsp3) is 0.318. The number of thioether (sulfide) groups is 1. The number of hydrogen-bond acceptors (Lipinski definition) is 6. The van der Waals surface area contributed by atoms with Crippen molar-refractivity contribution in [1.29, 1.82) is 0 Å². The molecule has 0 saturated carbocycles. The highest BCUT2D eigenvalue weighted by Gasteiger charge is 2.22. The zero-order valence-corrected chi connectivity index (χ0v) is 17.8. The van der Waals surface area contributed by atoms with Crippen molar-refractivity contribution in [2.24, 2.45) is 0 Å². The highest BCUT2D eigenvalue weighted by atomic mass is 32.2. The Balaban J connectivity index is 2.05. The molecule has 0 saturated heterocycles. The van der Waals surface area contributed by atoms with E-state index in [4.69, 9.17) is 9.47 Å². The molecule has 0 aliphatic heterocycles. The van der Waals surface area contributed by atoms with Crippen molar-refractivity contribution >= 4 is 29.4 Å². The summed E-state index contributed by atoms with van der Waals surface area (Å²) in [6, 6.07) is 13.6. The fourth-order valence-corrected chi connectivity index (χ4v) is 3.44. The number of Topliss-reactive ketones (excluding diaryl/α,β-unsaturated/α-hetero) is 1. The molecule has 2 rings (SSSR count). The largest absolute Gasteiger partial charge is 0.494 e. The van der Waals surface area contributed by atoms with Gasteiger partial charge >= 0.3 is 5.97 Å². The van der Waals surface area contributed by atoms with Crippen LogP contribution in [0.5, 0.6) is 5.75 Å². The molecule has 1 atom stereocenters. The molecule has 2 aromatic carbocycles. The standard InChI is InChI=1S/C22H25NO5S/c1-5-27-17-12-10-16(11-13-17)21(25)15(2)28-22(26)18-8-6-7-9-19(18)29-14-20(24)23(3)4/h6-13,15H,5,14H2,1-4H3/t15-/m1/s1. The Labute approximate surface area is 175 Å². The van der Waals surface area contributed by atoms with Crippen LogP contribution in [0.2, 0.25) is 0 Å². The van der Waals surface area contributed by atoms with Gasteiger partial charge in [-0.05, 0) is 50.2 Å². The van der Waals surface area contributed by atoms with Crippen LogP contribution in [-0.2, 0) is 9.53 Å². The molecule has 0 spiro atoms. The topological polar surface area (TPSA) is 72.9 Å². The van der Waals surface area contributed by atoms with Crippen LogP contribution in [0.25, 0.3) is 0 Å². The van der Waals surface area contributed by atoms with Crippen molar-refractivity contribution in [2.75, 3.05) is 26.5 Å². The quantitative estimate of drug-likeness (QED) is 0.353. The second-order valence-corrected chi connectivity index (χ2v) is 7.46. The Kier molecular flexibility index (Phi) is 8.27. The second kappa shape index (κ2) is 10.7. The molecule has 0 heterocycles. The number of carbonyl (C=O) groups excluding carboxylic acids is 3. The first kappa shape index (κ1) is 22.5. The second-order valence-electron chi connectivity index (χ2n) is 6.44. The molecule has 0 bridgehead atoms. The van der Waals surface area contributed by atoms with E-state index in [1.54, 1.807) is 69.6 Å². The summed E-state index contributed by atoms with van der Waals surface area (Å²) in [5, 5.41) is 0. The molecule has 29 heavy (non-hydrogen) atoms. The number of amides is 1. The lowest BCUT2D eigenvalue weighted by Gasteiger charge is -2.15. The van der Waals surface area contributed by atoms with E-state index >= 15 is 0 Å². The SMILES string of the molecule is CCOc1ccc(C(=O)[C@@H](C)OC(=O)c2ccccc2SCC(=O)N(C)C)cc1. The molecule has 7 heteroatoms. The number of hydrogen-bond donors (Lipinski definition) is 0. The summed E-state index contributed by atoms with van der Waals surface area (Å²) in [4.78, 5) is 39.2. The molecule has 0 N–H and O–H groups in total. The molecular formula is C22H25NO5S. The summed E-state index contributed by atoms with van der Waals surface area (Å²) in [6.07, 6.45) is -0.943.